The van der Waals surface area contributed by atoms with Crippen molar-refractivity contribution in [2.24, 2.45) is 5.73 Å². The minimum absolute atomic E-state index is 0. The monoisotopic (exact) mass is 739 g/mol. The van der Waals surface area contributed by atoms with Crippen LogP contribution in [0.2, 0.25) is 0 Å². The van der Waals surface area contributed by atoms with E-state index < -0.39 is 142 Å². The number of aliphatic hydroxyl groups excluding tert-OH is 9. The predicted molar refractivity (Wildman–Crippen MR) is 152 cm³/mol. The molecule has 23 heteroatoms. The van der Waals surface area contributed by atoms with Crippen LogP contribution in [0.3, 0.4) is 0 Å². The van der Waals surface area contributed by atoms with Crippen molar-refractivity contribution >= 4 is 17.8 Å². The Hall–Kier alpha value is -1.23. The molecule has 0 aromatic rings. The first-order valence-electron chi connectivity index (χ1n) is 15.4. The summed E-state index contributed by atoms with van der Waals surface area (Å²) in [4.78, 5) is 36.3. The second kappa shape index (κ2) is 19.7. The average molecular weight is 740 g/mol. The van der Waals surface area contributed by atoms with Crippen molar-refractivity contribution in [3.8, 4) is 0 Å². The van der Waals surface area contributed by atoms with Crippen molar-refractivity contribution < 1.29 is 123 Å². The standard InChI is InChI=1S/C27H47N3O19.Na/c1-9(34)29-15-11(36)5-27(26(42)43,48-22(15)17(38)12(37)6-31)49-23-18(39)13(7-32)45-25(20(23)41)47-21-14(8-33)46-24(44-4-3-28)16(19(21)40)30-10(2)35;/h11-25,31-33,36-41H,3-8,28H2,1-2H3,(H,29,34)(H,30,35)(H,42,43);/q;+1/p-1/t11?,12-,13?,14?,15?,16?,17-,18?,19?,20?,21?,22?,23?,24?,25?,27?;/m0./s1. The van der Waals surface area contributed by atoms with Crippen molar-refractivity contribution in [3.63, 3.8) is 0 Å². The van der Waals surface area contributed by atoms with Gasteiger partial charge in [0, 0.05) is 26.8 Å². The van der Waals surface area contributed by atoms with Gasteiger partial charge in [0.2, 0.25) is 17.6 Å². The van der Waals surface area contributed by atoms with E-state index >= 15 is 0 Å². The van der Waals surface area contributed by atoms with Crippen molar-refractivity contribution in [1.29, 1.82) is 0 Å². The molecular weight excluding hydrogens is 693 g/mol. The number of ether oxygens (including phenoxy) is 6. The van der Waals surface area contributed by atoms with Gasteiger partial charge in [-0.25, -0.2) is 0 Å². The maximum absolute atomic E-state index is 12.6. The minimum Gasteiger partial charge on any atom is -0.544 e. The SMILES string of the molecule is CC(=O)NC1C(OCCN)OC(CO)C(OC2OC(CO)C(O)C(OC3(C(=O)[O-])CC(O)C(NC(C)=O)C([C@@H](O)[C@@H](O)CO)O3)C2O)C1O.[Na+]. The molecule has 0 aromatic carbocycles. The van der Waals surface area contributed by atoms with Gasteiger partial charge in [0.1, 0.15) is 73.1 Å². The average Bonchev–Trinajstić information content (AvgIpc) is 3.05. The molecule has 0 radical (unpaired) electrons. The third kappa shape index (κ3) is 10.2. The van der Waals surface area contributed by atoms with E-state index in [1.54, 1.807) is 0 Å². The number of rotatable bonds is 15. The Kier molecular flexibility index (Phi) is 17.7. The molecule has 14 unspecified atom stereocenters. The molecule has 0 aromatic heterocycles. The van der Waals surface area contributed by atoms with Gasteiger partial charge in [-0.15, -0.1) is 0 Å². The molecule has 0 bridgehead atoms. The predicted octanol–water partition coefficient (Wildman–Crippen LogP) is -12.4. The van der Waals surface area contributed by atoms with Crippen LogP contribution in [-0.4, -0.2) is 194 Å². The van der Waals surface area contributed by atoms with Crippen LogP contribution >= 0.6 is 0 Å². The smallest absolute Gasteiger partial charge is 0.544 e. The molecule has 0 spiro atoms. The molecule has 3 rings (SSSR count). The van der Waals surface area contributed by atoms with Gasteiger partial charge in [-0.2, -0.15) is 0 Å². The summed E-state index contributed by atoms with van der Waals surface area (Å²) < 4.78 is 33.4. The Balaban J connectivity index is 0.00000867. The third-order valence-corrected chi connectivity index (χ3v) is 8.23. The Labute approximate surface area is 307 Å². The zero-order valence-corrected chi connectivity index (χ0v) is 29.6. The first-order valence-corrected chi connectivity index (χ1v) is 15.4. The van der Waals surface area contributed by atoms with E-state index in [2.05, 4.69) is 10.6 Å². The number of carboxylic acids is 1. The fourth-order valence-electron chi connectivity index (χ4n) is 5.87. The van der Waals surface area contributed by atoms with Crippen LogP contribution in [0, 0.1) is 0 Å². The van der Waals surface area contributed by atoms with Crippen LogP contribution in [0.1, 0.15) is 20.3 Å². The third-order valence-electron chi connectivity index (χ3n) is 8.23. The Morgan fingerprint density at radius 3 is 2.00 bits per heavy atom. The summed E-state index contributed by atoms with van der Waals surface area (Å²) in [6.07, 6.45) is -25.3. The summed E-state index contributed by atoms with van der Waals surface area (Å²) in [7, 11) is 0. The first kappa shape index (κ1) is 44.9. The minimum atomic E-state index is -3.14. The van der Waals surface area contributed by atoms with Crippen LogP contribution in [0.5, 0.6) is 0 Å². The number of carbonyl (C=O) groups is 3. The molecule has 3 aliphatic rings. The zero-order chi connectivity index (χ0) is 36.8. The van der Waals surface area contributed by atoms with Crippen molar-refractivity contribution in [2.75, 3.05) is 33.0 Å². The summed E-state index contributed by atoms with van der Waals surface area (Å²) in [5.41, 5.74) is 5.47. The molecule has 16 atom stereocenters. The fraction of sp³-hybridized carbons (Fsp3) is 0.889. The summed E-state index contributed by atoms with van der Waals surface area (Å²) in [6, 6.07) is -2.90. The van der Waals surface area contributed by atoms with Crippen molar-refractivity contribution in [2.45, 2.75) is 118 Å². The Morgan fingerprint density at radius 2 is 1.48 bits per heavy atom. The molecule has 0 saturated carbocycles. The van der Waals surface area contributed by atoms with E-state index in [0.717, 1.165) is 13.8 Å². The van der Waals surface area contributed by atoms with E-state index in [1.165, 1.54) is 0 Å². The van der Waals surface area contributed by atoms with Crippen LogP contribution in [-0.2, 0) is 42.8 Å². The molecular formula is C27H46N3NaO19. The number of amides is 2. The number of hydrogen-bond acceptors (Lipinski definition) is 20. The van der Waals surface area contributed by atoms with Crippen LogP contribution < -0.4 is 51.0 Å². The molecule has 0 aliphatic carbocycles. The van der Waals surface area contributed by atoms with Gasteiger partial charge in [0.15, 0.2) is 12.6 Å². The number of carboxylic acid groups (broad SMARTS) is 1. The van der Waals surface area contributed by atoms with Gasteiger partial charge in [-0.3, -0.25) is 9.59 Å². The number of hydrogen-bond donors (Lipinski definition) is 12. The molecule has 22 nitrogen and oxygen atoms in total. The summed E-state index contributed by atoms with van der Waals surface area (Å²) in [5.74, 6) is -6.75. The van der Waals surface area contributed by atoms with Gasteiger partial charge in [-0.1, -0.05) is 0 Å². The normalized spacial score (nSPS) is 40.2. The Morgan fingerprint density at radius 1 is 0.900 bits per heavy atom. The fourth-order valence-corrected chi connectivity index (χ4v) is 5.87. The van der Waals surface area contributed by atoms with Crippen molar-refractivity contribution in [1.82, 2.24) is 10.6 Å². The first-order chi connectivity index (χ1) is 23.0. The molecule has 13 N–H and O–H groups in total. The van der Waals surface area contributed by atoms with E-state index in [9.17, 15) is 65.4 Å². The van der Waals surface area contributed by atoms with Crippen LogP contribution in [0.4, 0.5) is 0 Å². The van der Waals surface area contributed by atoms with E-state index in [-0.39, 0.29) is 42.7 Å². The number of nitrogens with one attached hydrogen (secondary N) is 2. The Bertz CT molecular complexity index is 1110. The number of carbonyl (C=O) groups excluding carboxylic acids is 3. The molecule has 3 aliphatic heterocycles. The van der Waals surface area contributed by atoms with E-state index in [4.69, 9.17) is 34.2 Å². The molecule has 3 fully saturated rings. The summed E-state index contributed by atoms with van der Waals surface area (Å²) >= 11 is 0. The molecule has 284 valence electrons. The van der Waals surface area contributed by atoms with Gasteiger partial charge in [-0.05, 0) is 0 Å². The van der Waals surface area contributed by atoms with Crippen LogP contribution in [0.25, 0.3) is 0 Å². The van der Waals surface area contributed by atoms with Crippen LogP contribution in [0.15, 0.2) is 0 Å². The second-order valence-corrected chi connectivity index (χ2v) is 11.9. The largest absolute Gasteiger partial charge is 1.00 e. The quantitative estimate of drug-likeness (QED) is 0.0694. The molecule has 2 amide bonds. The topological polar surface area (TPSA) is 362 Å². The maximum atomic E-state index is 12.6. The molecule has 50 heavy (non-hydrogen) atoms. The number of aliphatic carboxylic acids is 1. The van der Waals surface area contributed by atoms with Gasteiger partial charge >= 0.3 is 29.6 Å². The molecule has 3 heterocycles. The van der Waals surface area contributed by atoms with Gasteiger partial charge < -0.3 is 101 Å². The number of aliphatic hydroxyl groups is 9. The maximum Gasteiger partial charge on any atom is 1.00 e. The summed E-state index contributed by atoms with van der Waals surface area (Å²) in [5, 5.41) is 112. The van der Waals surface area contributed by atoms with Crippen molar-refractivity contribution in [3.05, 3.63) is 0 Å². The van der Waals surface area contributed by atoms with E-state index in [0.29, 0.717) is 0 Å². The zero-order valence-electron chi connectivity index (χ0n) is 27.6. The van der Waals surface area contributed by atoms with Gasteiger partial charge in [0.25, 0.3) is 0 Å². The second-order valence-electron chi connectivity index (χ2n) is 11.9. The molecule has 3 saturated heterocycles. The number of nitrogens with two attached hydrogens (primary N) is 1. The van der Waals surface area contributed by atoms with Gasteiger partial charge in [0.05, 0.1) is 38.6 Å². The summed E-state index contributed by atoms with van der Waals surface area (Å²) in [6.45, 7) is -0.744. The van der Waals surface area contributed by atoms with E-state index in [1.807, 2.05) is 0 Å².